The van der Waals surface area contributed by atoms with Crippen LogP contribution in [0.5, 0.6) is 0 Å². The Labute approximate surface area is 200 Å². The quantitative estimate of drug-likeness (QED) is 0.188. The maximum atomic E-state index is 5.42. The molecule has 2 N–H and O–H groups in total. The highest BCUT2D eigenvalue weighted by Gasteiger charge is 2.17. The van der Waals surface area contributed by atoms with Gasteiger partial charge in [-0.3, -0.25) is 14.8 Å². The van der Waals surface area contributed by atoms with Crippen LogP contribution in [0.3, 0.4) is 0 Å². The van der Waals surface area contributed by atoms with E-state index in [0.717, 1.165) is 78.0 Å². The fraction of sp³-hybridized carbons (Fsp3) is 0.696. The summed E-state index contributed by atoms with van der Waals surface area (Å²) >= 11 is 0. The molecule has 1 aromatic rings. The van der Waals surface area contributed by atoms with Gasteiger partial charge in [-0.25, -0.2) is 0 Å². The first-order valence-electron chi connectivity index (χ1n) is 11.4. The summed E-state index contributed by atoms with van der Waals surface area (Å²) in [4.78, 5) is 9.89. The van der Waals surface area contributed by atoms with Crippen LogP contribution in [0.15, 0.2) is 35.3 Å². The molecule has 0 radical (unpaired) electrons. The summed E-state index contributed by atoms with van der Waals surface area (Å²) < 4.78 is 5.42. The van der Waals surface area contributed by atoms with E-state index in [1.807, 2.05) is 0 Å². The third kappa shape index (κ3) is 9.94. The predicted octanol–water partition coefficient (Wildman–Crippen LogP) is 3.36. The number of guanidine groups is 1. The first kappa shape index (κ1) is 27.1. The number of hydrogen-bond donors (Lipinski definition) is 2. The van der Waals surface area contributed by atoms with E-state index in [4.69, 9.17) is 9.73 Å². The molecule has 0 saturated carbocycles. The van der Waals surface area contributed by atoms with Gasteiger partial charge in [-0.2, -0.15) is 0 Å². The normalized spacial score (nSPS) is 16.2. The number of nitrogens with one attached hydrogen (secondary N) is 2. The molecular weight excluding hydrogens is 489 g/mol. The van der Waals surface area contributed by atoms with E-state index in [-0.39, 0.29) is 24.0 Å². The summed E-state index contributed by atoms with van der Waals surface area (Å²) in [6, 6.07) is 11.0. The number of unbranched alkanes of at least 4 members (excludes halogenated alkanes) is 1. The number of likely N-dealkylation sites (N-methyl/N-ethyl adjacent to an activating group) is 1. The topological polar surface area (TPSA) is 52.1 Å². The van der Waals surface area contributed by atoms with E-state index >= 15 is 0 Å². The summed E-state index contributed by atoms with van der Waals surface area (Å²) in [7, 11) is 0. The van der Waals surface area contributed by atoms with Gasteiger partial charge in [-0.1, -0.05) is 44.2 Å². The van der Waals surface area contributed by atoms with Crippen molar-refractivity contribution in [3.05, 3.63) is 35.9 Å². The molecule has 1 aliphatic heterocycles. The van der Waals surface area contributed by atoms with Crippen LogP contribution in [0.1, 0.15) is 45.2 Å². The van der Waals surface area contributed by atoms with Gasteiger partial charge in [0, 0.05) is 26.2 Å². The fourth-order valence-electron chi connectivity index (χ4n) is 3.78. The Bertz CT molecular complexity index is 562. The highest BCUT2D eigenvalue weighted by molar-refractivity contribution is 14.0. The van der Waals surface area contributed by atoms with Gasteiger partial charge >= 0.3 is 0 Å². The SMILES string of the molecule is CCNC(=NCC(c1ccccc1)N(CC)CC)NCCCCN1CCOCC1.I. The Kier molecular flexibility index (Phi) is 15.2. The smallest absolute Gasteiger partial charge is 0.191 e. The zero-order valence-corrected chi connectivity index (χ0v) is 21.4. The molecular formula is C23H42IN5O. The van der Waals surface area contributed by atoms with E-state index < -0.39 is 0 Å². The minimum atomic E-state index is 0. The van der Waals surface area contributed by atoms with Crippen LogP contribution in [-0.2, 0) is 4.74 Å². The number of morpholine rings is 1. The van der Waals surface area contributed by atoms with Crippen LogP contribution < -0.4 is 10.6 Å². The number of rotatable bonds is 12. The van der Waals surface area contributed by atoms with Crippen LogP contribution in [0, 0.1) is 0 Å². The van der Waals surface area contributed by atoms with Gasteiger partial charge in [0.1, 0.15) is 0 Å². The van der Waals surface area contributed by atoms with Crippen LogP contribution in [-0.4, -0.2) is 81.3 Å². The van der Waals surface area contributed by atoms with Gasteiger partial charge < -0.3 is 15.4 Å². The molecule has 1 unspecified atom stereocenters. The summed E-state index contributed by atoms with van der Waals surface area (Å²) in [6.07, 6.45) is 2.36. The van der Waals surface area contributed by atoms with Crippen LogP contribution >= 0.6 is 24.0 Å². The van der Waals surface area contributed by atoms with Crippen molar-refractivity contribution in [1.29, 1.82) is 0 Å². The zero-order chi connectivity index (χ0) is 20.7. The van der Waals surface area contributed by atoms with E-state index in [9.17, 15) is 0 Å². The van der Waals surface area contributed by atoms with Crippen molar-refractivity contribution in [2.75, 3.05) is 65.6 Å². The van der Waals surface area contributed by atoms with Crippen molar-refractivity contribution in [1.82, 2.24) is 20.4 Å². The second kappa shape index (κ2) is 16.8. The lowest BCUT2D eigenvalue weighted by molar-refractivity contribution is 0.0372. The molecule has 2 rings (SSSR count). The molecule has 172 valence electrons. The van der Waals surface area contributed by atoms with Crippen LogP contribution in [0.4, 0.5) is 0 Å². The van der Waals surface area contributed by atoms with Crippen molar-refractivity contribution in [3.8, 4) is 0 Å². The Balaban J connectivity index is 0.00000450. The lowest BCUT2D eigenvalue weighted by Crippen LogP contribution is -2.39. The van der Waals surface area contributed by atoms with Gasteiger partial charge in [-0.05, 0) is 45.0 Å². The number of ether oxygens (including phenoxy) is 1. The summed E-state index contributed by atoms with van der Waals surface area (Å²) in [5.74, 6) is 0.923. The first-order chi connectivity index (χ1) is 14.3. The van der Waals surface area contributed by atoms with Crippen molar-refractivity contribution < 1.29 is 4.74 Å². The molecule has 7 heteroatoms. The van der Waals surface area contributed by atoms with E-state index in [1.165, 1.54) is 12.0 Å². The van der Waals surface area contributed by atoms with E-state index in [0.29, 0.717) is 6.04 Å². The molecule has 0 spiro atoms. The van der Waals surface area contributed by atoms with Crippen molar-refractivity contribution in [2.45, 2.75) is 39.7 Å². The Morgan fingerprint density at radius 1 is 1.07 bits per heavy atom. The zero-order valence-electron chi connectivity index (χ0n) is 19.1. The fourth-order valence-corrected chi connectivity index (χ4v) is 3.78. The van der Waals surface area contributed by atoms with Gasteiger partial charge in [0.15, 0.2) is 5.96 Å². The third-order valence-electron chi connectivity index (χ3n) is 5.50. The van der Waals surface area contributed by atoms with Crippen LogP contribution in [0.2, 0.25) is 0 Å². The number of aliphatic imine (C=N–C) groups is 1. The summed E-state index contributed by atoms with van der Waals surface area (Å²) in [5, 5.41) is 6.92. The Morgan fingerprint density at radius 2 is 1.77 bits per heavy atom. The molecule has 1 saturated heterocycles. The molecule has 1 fully saturated rings. The monoisotopic (exact) mass is 531 g/mol. The average Bonchev–Trinajstić information content (AvgIpc) is 2.77. The number of nitrogens with zero attached hydrogens (tertiary/aromatic N) is 3. The summed E-state index contributed by atoms with van der Waals surface area (Å²) in [5.41, 5.74) is 1.33. The Morgan fingerprint density at radius 3 is 2.40 bits per heavy atom. The molecule has 30 heavy (non-hydrogen) atoms. The van der Waals surface area contributed by atoms with Gasteiger partial charge in [0.25, 0.3) is 0 Å². The van der Waals surface area contributed by atoms with E-state index in [1.54, 1.807) is 0 Å². The molecule has 1 atom stereocenters. The van der Waals surface area contributed by atoms with E-state index in [2.05, 4.69) is 71.5 Å². The standard InChI is InChI=1S/C23H41N5O.HI/c1-4-24-23(25-14-10-11-15-27-16-18-29-19-17-27)26-20-22(28(5-2)6-3)21-12-8-7-9-13-21;/h7-9,12-13,22H,4-6,10-11,14-20H2,1-3H3,(H2,24,25,26);1H. The lowest BCUT2D eigenvalue weighted by Gasteiger charge is -2.29. The average molecular weight is 532 g/mol. The van der Waals surface area contributed by atoms with Crippen molar-refractivity contribution in [2.24, 2.45) is 4.99 Å². The molecule has 0 amide bonds. The summed E-state index contributed by atoms with van der Waals surface area (Å²) in [6.45, 7) is 16.3. The molecule has 6 nitrogen and oxygen atoms in total. The number of benzene rings is 1. The van der Waals surface area contributed by atoms with Gasteiger partial charge in [0.2, 0.25) is 0 Å². The lowest BCUT2D eigenvalue weighted by atomic mass is 10.1. The molecule has 0 aromatic heterocycles. The van der Waals surface area contributed by atoms with Gasteiger partial charge in [-0.15, -0.1) is 24.0 Å². The van der Waals surface area contributed by atoms with Crippen LogP contribution in [0.25, 0.3) is 0 Å². The molecule has 0 bridgehead atoms. The third-order valence-corrected chi connectivity index (χ3v) is 5.50. The largest absolute Gasteiger partial charge is 0.379 e. The molecule has 1 aliphatic rings. The second-order valence-electron chi connectivity index (χ2n) is 7.46. The number of halogens is 1. The number of hydrogen-bond acceptors (Lipinski definition) is 4. The molecule has 1 aromatic carbocycles. The molecule has 1 heterocycles. The predicted molar refractivity (Wildman–Crippen MR) is 138 cm³/mol. The minimum Gasteiger partial charge on any atom is -0.379 e. The molecule has 0 aliphatic carbocycles. The highest BCUT2D eigenvalue weighted by Crippen LogP contribution is 2.20. The minimum absolute atomic E-state index is 0. The maximum Gasteiger partial charge on any atom is 0.191 e. The second-order valence-corrected chi connectivity index (χ2v) is 7.46. The van der Waals surface area contributed by atoms with Crippen molar-refractivity contribution in [3.63, 3.8) is 0 Å². The van der Waals surface area contributed by atoms with Gasteiger partial charge in [0.05, 0.1) is 25.8 Å². The Hall–Kier alpha value is -0.900. The highest BCUT2D eigenvalue weighted by atomic mass is 127. The van der Waals surface area contributed by atoms with Crippen molar-refractivity contribution >= 4 is 29.9 Å². The maximum absolute atomic E-state index is 5.42. The first-order valence-corrected chi connectivity index (χ1v) is 11.4.